The molecule has 118 valence electrons. The van der Waals surface area contributed by atoms with Crippen molar-refractivity contribution in [2.75, 3.05) is 0 Å². The predicted molar refractivity (Wildman–Crippen MR) is 85.8 cm³/mol. The average molecular weight is 310 g/mol. The highest BCUT2D eigenvalue weighted by Crippen LogP contribution is 2.22. The molecule has 1 saturated carbocycles. The quantitative estimate of drug-likeness (QED) is 0.776. The normalized spacial score (nSPS) is 16.9. The molecule has 0 spiro atoms. The smallest absolute Gasteiger partial charge is 0.240 e. The van der Waals surface area contributed by atoms with Crippen molar-refractivity contribution in [3.8, 4) is 0 Å². The zero-order valence-corrected chi connectivity index (χ0v) is 14.0. The van der Waals surface area contributed by atoms with Crippen molar-refractivity contribution >= 4 is 10.0 Å². The lowest BCUT2D eigenvalue weighted by atomic mass is 10.1. The average Bonchev–Trinajstić information content (AvgIpc) is 3.28. The maximum Gasteiger partial charge on any atom is 0.240 e. The van der Waals surface area contributed by atoms with Gasteiger partial charge in [0.25, 0.3) is 0 Å². The molecule has 1 aromatic rings. The van der Waals surface area contributed by atoms with Crippen LogP contribution in [-0.2, 0) is 23.0 Å². The van der Waals surface area contributed by atoms with E-state index in [-0.39, 0.29) is 6.04 Å². The Labute approximate surface area is 128 Å². The Morgan fingerprint density at radius 3 is 2.52 bits per heavy atom. The zero-order chi connectivity index (χ0) is 15.5. The number of benzene rings is 1. The van der Waals surface area contributed by atoms with Gasteiger partial charge in [-0.25, -0.2) is 13.1 Å². The number of hydrogen-bond donors (Lipinski definition) is 2. The highest BCUT2D eigenvalue weighted by Gasteiger charge is 2.21. The second-order valence-corrected chi connectivity index (χ2v) is 7.58. The van der Waals surface area contributed by atoms with Crippen LogP contribution >= 0.6 is 0 Å². The maximum atomic E-state index is 12.4. The molecule has 2 rings (SSSR count). The minimum atomic E-state index is -3.42. The van der Waals surface area contributed by atoms with Gasteiger partial charge >= 0.3 is 0 Å². The molecule has 1 unspecified atom stereocenters. The van der Waals surface area contributed by atoms with Crippen molar-refractivity contribution in [1.82, 2.24) is 10.0 Å². The summed E-state index contributed by atoms with van der Waals surface area (Å²) in [5.41, 5.74) is 2.31. The van der Waals surface area contributed by atoms with Crippen molar-refractivity contribution < 1.29 is 8.42 Å². The van der Waals surface area contributed by atoms with Crippen LogP contribution < -0.4 is 10.0 Å². The van der Waals surface area contributed by atoms with Gasteiger partial charge in [-0.05, 0) is 55.9 Å². The largest absolute Gasteiger partial charge is 0.310 e. The summed E-state index contributed by atoms with van der Waals surface area (Å²) >= 11 is 0. The van der Waals surface area contributed by atoms with Crippen molar-refractivity contribution in [1.29, 1.82) is 0 Å². The van der Waals surface area contributed by atoms with Gasteiger partial charge in [-0.3, -0.25) is 0 Å². The standard InChI is InChI=1S/C16H26N2O2S/c1-4-12(3)18-21(19,20)16-9-6-13(5-2)14(10-16)11-17-15-7-8-15/h6,9-10,12,15,17-18H,4-5,7-8,11H2,1-3H3. The van der Waals surface area contributed by atoms with E-state index in [9.17, 15) is 8.42 Å². The summed E-state index contributed by atoms with van der Waals surface area (Å²) in [6, 6.07) is 6.04. The molecule has 1 atom stereocenters. The molecule has 0 saturated heterocycles. The molecular weight excluding hydrogens is 284 g/mol. The van der Waals surface area contributed by atoms with Crippen LogP contribution in [0.4, 0.5) is 0 Å². The first kappa shape index (κ1) is 16.5. The molecule has 21 heavy (non-hydrogen) atoms. The van der Waals surface area contributed by atoms with Gasteiger partial charge in [0.05, 0.1) is 4.90 Å². The molecule has 1 aliphatic rings. The maximum absolute atomic E-state index is 12.4. The van der Waals surface area contributed by atoms with Gasteiger partial charge in [0.2, 0.25) is 10.0 Å². The molecular formula is C16H26N2O2S. The van der Waals surface area contributed by atoms with Crippen molar-refractivity contribution in [3.05, 3.63) is 29.3 Å². The molecule has 0 aromatic heterocycles. The van der Waals surface area contributed by atoms with E-state index in [2.05, 4.69) is 17.0 Å². The van der Waals surface area contributed by atoms with Gasteiger partial charge in [0.15, 0.2) is 0 Å². The lowest BCUT2D eigenvalue weighted by Gasteiger charge is -2.15. The summed E-state index contributed by atoms with van der Waals surface area (Å²) in [6.07, 6.45) is 4.16. The second kappa shape index (κ2) is 6.90. The van der Waals surface area contributed by atoms with Gasteiger partial charge < -0.3 is 5.32 Å². The molecule has 1 aromatic carbocycles. The Balaban J connectivity index is 2.20. The summed E-state index contributed by atoms with van der Waals surface area (Å²) in [5, 5.41) is 3.46. The first-order valence-electron chi connectivity index (χ1n) is 7.83. The summed E-state index contributed by atoms with van der Waals surface area (Å²) in [4.78, 5) is 0.368. The Morgan fingerprint density at radius 2 is 1.95 bits per heavy atom. The van der Waals surface area contributed by atoms with E-state index in [4.69, 9.17) is 0 Å². The summed E-state index contributed by atoms with van der Waals surface area (Å²) in [6.45, 7) is 6.70. The van der Waals surface area contributed by atoms with Crippen LogP contribution in [0.2, 0.25) is 0 Å². The number of hydrogen-bond acceptors (Lipinski definition) is 3. The summed E-state index contributed by atoms with van der Waals surface area (Å²) in [5.74, 6) is 0. The lowest BCUT2D eigenvalue weighted by Crippen LogP contribution is -2.32. The minimum absolute atomic E-state index is 0.0473. The van der Waals surface area contributed by atoms with E-state index in [0.29, 0.717) is 10.9 Å². The molecule has 0 amide bonds. The fourth-order valence-corrected chi connectivity index (χ4v) is 3.61. The van der Waals surface area contributed by atoms with Gasteiger partial charge in [-0.2, -0.15) is 0 Å². The summed E-state index contributed by atoms with van der Waals surface area (Å²) < 4.78 is 27.5. The van der Waals surface area contributed by atoms with Crippen LogP contribution in [0.1, 0.15) is 51.2 Å². The van der Waals surface area contributed by atoms with E-state index < -0.39 is 10.0 Å². The van der Waals surface area contributed by atoms with Gasteiger partial charge in [-0.1, -0.05) is 19.9 Å². The molecule has 1 fully saturated rings. The van der Waals surface area contributed by atoms with Crippen LogP contribution in [0.15, 0.2) is 23.1 Å². The number of aryl methyl sites for hydroxylation is 1. The molecule has 1 aliphatic carbocycles. The van der Waals surface area contributed by atoms with Gasteiger partial charge in [0, 0.05) is 18.6 Å². The van der Waals surface area contributed by atoms with Gasteiger partial charge in [0.1, 0.15) is 0 Å². The topological polar surface area (TPSA) is 58.2 Å². The SMILES string of the molecule is CCc1ccc(S(=O)(=O)NC(C)CC)cc1CNC1CC1. The third kappa shape index (κ3) is 4.53. The Kier molecular flexibility index (Phi) is 5.41. The minimum Gasteiger partial charge on any atom is -0.310 e. The molecule has 4 nitrogen and oxygen atoms in total. The third-order valence-electron chi connectivity index (χ3n) is 4.00. The highest BCUT2D eigenvalue weighted by molar-refractivity contribution is 7.89. The second-order valence-electron chi connectivity index (χ2n) is 5.87. The Morgan fingerprint density at radius 1 is 1.24 bits per heavy atom. The van der Waals surface area contributed by atoms with Crippen molar-refractivity contribution in [3.63, 3.8) is 0 Å². The zero-order valence-electron chi connectivity index (χ0n) is 13.1. The van der Waals surface area contributed by atoms with Crippen molar-refractivity contribution in [2.45, 2.75) is 70.0 Å². The van der Waals surface area contributed by atoms with Crippen LogP contribution in [0.25, 0.3) is 0 Å². The van der Waals surface area contributed by atoms with Crippen LogP contribution in [-0.4, -0.2) is 20.5 Å². The van der Waals surface area contributed by atoms with Crippen LogP contribution in [0, 0.1) is 0 Å². The number of nitrogens with one attached hydrogen (secondary N) is 2. The molecule has 2 N–H and O–H groups in total. The van der Waals surface area contributed by atoms with Gasteiger partial charge in [-0.15, -0.1) is 0 Å². The van der Waals surface area contributed by atoms with Crippen LogP contribution in [0.5, 0.6) is 0 Å². The van der Waals surface area contributed by atoms with E-state index in [1.807, 2.05) is 26.0 Å². The third-order valence-corrected chi connectivity index (χ3v) is 5.58. The fourth-order valence-electron chi connectivity index (χ4n) is 2.24. The van der Waals surface area contributed by atoms with E-state index in [1.165, 1.54) is 18.4 Å². The molecule has 5 heteroatoms. The van der Waals surface area contributed by atoms with Crippen molar-refractivity contribution in [2.24, 2.45) is 0 Å². The monoisotopic (exact) mass is 310 g/mol. The molecule has 0 aliphatic heterocycles. The first-order valence-corrected chi connectivity index (χ1v) is 9.32. The fraction of sp³-hybridized carbons (Fsp3) is 0.625. The first-order chi connectivity index (χ1) is 9.96. The number of sulfonamides is 1. The van der Waals surface area contributed by atoms with E-state index in [0.717, 1.165) is 24.9 Å². The van der Waals surface area contributed by atoms with E-state index >= 15 is 0 Å². The predicted octanol–water partition coefficient (Wildman–Crippen LogP) is 2.58. The highest BCUT2D eigenvalue weighted by atomic mass is 32.2. The van der Waals surface area contributed by atoms with E-state index in [1.54, 1.807) is 6.07 Å². The summed E-state index contributed by atoms with van der Waals surface area (Å²) in [7, 11) is -3.42. The molecule has 0 radical (unpaired) electrons. The number of rotatable bonds is 8. The molecule has 0 heterocycles. The lowest BCUT2D eigenvalue weighted by molar-refractivity contribution is 0.555. The Hall–Kier alpha value is -0.910. The van der Waals surface area contributed by atoms with Crippen LogP contribution in [0.3, 0.4) is 0 Å². The molecule has 0 bridgehead atoms. The Bertz CT molecular complexity index is 580.